The number of benzene rings is 1. The van der Waals surface area contributed by atoms with E-state index in [0.717, 1.165) is 51.1 Å². The van der Waals surface area contributed by atoms with Crippen molar-refractivity contribution in [3.05, 3.63) is 65.7 Å². The van der Waals surface area contributed by atoms with Crippen LogP contribution in [0.2, 0.25) is 0 Å². The van der Waals surface area contributed by atoms with Gasteiger partial charge in [0.2, 0.25) is 5.88 Å². The molecule has 0 unspecified atom stereocenters. The SMILES string of the molecule is CCOc1ncccc1-c1ccc(OC2(C)CC3(CN(c4ccc(F)cc4C#N)C3)C2)c(C(=O)N[C@@H]2CCNC2)n1. The van der Waals surface area contributed by atoms with Gasteiger partial charge in [-0.15, -0.1) is 0 Å². The van der Waals surface area contributed by atoms with Gasteiger partial charge in [-0.2, -0.15) is 5.26 Å². The minimum absolute atomic E-state index is 0.0338. The number of nitrogens with one attached hydrogen (secondary N) is 2. The zero-order valence-electron chi connectivity index (χ0n) is 23.2. The molecule has 2 aromatic heterocycles. The Hall–Kier alpha value is -4.23. The monoisotopic (exact) mass is 556 g/mol. The van der Waals surface area contributed by atoms with Crippen molar-refractivity contribution in [1.82, 2.24) is 20.6 Å². The molecular weight excluding hydrogens is 523 g/mol. The molecule has 2 aliphatic heterocycles. The Labute approximate surface area is 238 Å². The van der Waals surface area contributed by atoms with Crippen molar-refractivity contribution in [3.8, 4) is 29.0 Å². The number of carbonyl (C=O) groups excluding carboxylic acids is 1. The summed E-state index contributed by atoms with van der Waals surface area (Å²) in [6.45, 7) is 7.54. The van der Waals surface area contributed by atoms with E-state index in [4.69, 9.17) is 14.5 Å². The van der Waals surface area contributed by atoms with Crippen LogP contribution < -0.4 is 25.0 Å². The molecule has 1 saturated carbocycles. The first-order chi connectivity index (χ1) is 19.8. The first kappa shape index (κ1) is 27.0. The Balaban J connectivity index is 1.21. The standard InChI is InChI=1S/C31H33FN6O3/c1-3-40-29-23(5-4-11-35-29)24-7-9-26(27(37-24)28(39)36-22-10-12-34-15-22)41-30(2)16-31(17-30)18-38(19-31)25-8-6-21(32)13-20(25)14-33/h4-9,11,13,22,34H,3,10,12,15-19H2,1-2H3,(H,36,39)/t22-/m1/s1. The van der Waals surface area contributed by atoms with Gasteiger partial charge in [-0.25, -0.2) is 14.4 Å². The van der Waals surface area contributed by atoms with Crippen molar-refractivity contribution in [3.63, 3.8) is 0 Å². The van der Waals surface area contributed by atoms with Crippen LogP contribution >= 0.6 is 0 Å². The summed E-state index contributed by atoms with van der Waals surface area (Å²) in [6.07, 6.45) is 4.12. The quantitative estimate of drug-likeness (QED) is 0.427. The second kappa shape index (κ2) is 10.6. The minimum Gasteiger partial charge on any atom is -0.485 e. The van der Waals surface area contributed by atoms with Crippen LogP contribution in [0, 0.1) is 22.6 Å². The molecule has 0 bridgehead atoms. The number of rotatable bonds is 8. The van der Waals surface area contributed by atoms with Gasteiger partial charge in [0.25, 0.3) is 5.91 Å². The number of nitrogens with zero attached hydrogens (tertiary/aromatic N) is 4. The average Bonchev–Trinajstić information content (AvgIpc) is 3.44. The molecule has 1 atom stereocenters. The number of anilines is 1. The number of ether oxygens (including phenoxy) is 2. The van der Waals surface area contributed by atoms with E-state index in [9.17, 15) is 14.4 Å². The van der Waals surface area contributed by atoms with Gasteiger partial charge in [0, 0.05) is 37.3 Å². The third-order valence-corrected chi connectivity index (χ3v) is 8.12. The van der Waals surface area contributed by atoms with Crippen molar-refractivity contribution in [2.24, 2.45) is 5.41 Å². The van der Waals surface area contributed by atoms with Crippen molar-refractivity contribution in [2.45, 2.75) is 44.8 Å². The number of hydrogen-bond acceptors (Lipinski definition) is 8. The first-order valence-electron chi connectivity index (χ1n) is 14.0. The number of nitriles is 1. The predicted molar refractivity (Wildman–Crippen MR) is 151 cm³/mol. The van der Waals surface area contributed by atoms with E-state index in [-0.39, 0.29) is 23.1 Å². The molecule has 41 heavy (non-hydrogen) atoms. The maximum Gasteiger partial charge on any atom is 0.274 e. The van der Waals surface area contributed by atoms with E-state index in [2.05, 4.69) is 33.5 Å². The largest absolute Gasteiger partial charge is 0.485 e. The van der Waals surface area contributed by atoms with Gasteiger partial charge < -0.3 is 25.0 Å². The van der Waals surface area contributed by atoms with Crippen LogP contribution in [0.5, 0.6) is 11.6 Å². The van der Waals surface area contributed by atoms with Gasteiger partial charge in [-0.05, 0) is 82.1 Å². The molecule has 1 spiro atoms. The molecule has 9 nitrogen and oxygen atoms in total. The summed E-state index contributed by atoms with van der Waals surface area (Å²) in [5, 5.41) is 15.8. The summed E-state index contributed by atoms with van der Waals surface area (Å²) in [6, 6.07) is 13.8. The highest BCUT2D eigenvalue weighted by Crippen LogP contribution is 2.56. The Morgan fingerprint density at radius 2 is 2.10 bits per heavy atom. The third-order valence-electron chi connectivity index (χ3n) is 8.12. The Morgan fingerprint density at radius 3 is 2.83 bits per heavy atom. The van der Waals surface area contributed by atoms with Crippen molar-refractivity contribution in [1.29, 1.82) is 5.26 Å². The molecule has 0 radical (unpaired) electrons. The summed E-state index contributed by atoms with van der Waals surface area (Å²) in [5.74, 6) is 0.222. The summed E-state index contributed by atoms with van der Waals surface area (Å²) in [7, 11) is 0. The van der Waals surface area contributed by atoms with E-state index in [0.29, 0.717) is 35.1 Å². The van der Waals surface area contributed by atoms with Crippen LogP contribution in [0.15, 0.2) is 48.7 Å². The molecule has 3 fully saturated rings. The molecule has 6 rings (SSSR count). The highest BCUT2D eigenvalue weighted by molar-refractivity contribution is 5.96. The second-order valence-electron chi connectivity index (χ2n) is 11.5. The summed E-state index contributed by atoms with van der Waals surface area (Å²) in [5.41, 5.74) is 2.23. The highest BCUT2D eigenvalue weighted by atomic mass is 19.1. The number of carbonyl (C=O) groups is 1. The fraction of sp³-hybridized carbons (Fsp3) is 0.419. The smallest absolute Gasteiger partial charge is 0.274 e. The van der Waals surface area contributed by atoms with Gasteiger partial charge in [-0.3, -0.25) is 4.79 Å². The average molecular weight is 557 g/mol. The van der Waals surface area contributed by atoms with Crippen LogP contribution in [0.3, 0.4) is 0 Å². The lowest BCUT2D eigenvalue weighted by Gasteiger charge is -2.63. The second-order valence-corrected chi connectivity index (χ2v) is 11.5. The van der Waals surface area contributed by atoms with Crippen LogP contribution in [-0.4, -0.2) is 60.3 Å². The lowest BCUT2D eigenvalue weighted by molar-refractivity contribution is -0.109. The van der Waals surface area contributed by atoms with Crippen molar-refractivity contribution < 1.29 is 18.7 Å². The van der Waals surface area contributed by atoms with E-state index in [1.807, 2.05) is 31.2 Å². The van der Waals surface area contributed by atoms with Gasteiger partial charge in [-0.1, -0.05) is 0 Å². The number of hydrogen-bond donors (Lipinski definition) is 2. The zero-order chi connectivity index (χ0) is 28.6. The Morgan fingerprint density at radius 1 is 1.27 bits per heavy atom. The molecule has 212 valence electrons. The fourth-order valence-corrected chi connectivity index (χ4v) is 6.61. The Kier molecular flexibility index (Phi) is 6.99. The third kappa shape index (κ3) is 5.30. The maximum absolute atomic E-state index is 13.6. The first-order valence-corrected chi connectivity index (χ1v) is 14.0. The van der Waals surface area contributed by atoms with Gasteiger partial charge in [0.05, 0.1) is 29.1 Å². The van der Waals surface area contributed by atoms with Crippen LogP contribution in [0.1, 0.15) is 49.2 Å². The maximum atomic E-state index is 13.6. The molecule has 2 N–H and O–H groups in total. The number of pyridine rings is 2. The molecular formula is C31H33FN6O3. The minimum atomic E-state index is -0.467. The zero-order valence-corrected chi connectivity index (χ0v) is 23.2. The number of halogens is 1. The van der Waals surface area contributed by atoms with Gasteiger partial charge >= 0.3 is 0 Å². The molecule has 1 amide bonds. The summed E-state index contributed by atoms with van der Waals surface area (Å²) in [4.78, 5) is 24.7. The van der Waals surface area contributed by atoms with Crippen molar-refractivity contribution in [2.75, 3.05) is 37.7 Å². The molecule has 3 aromatic rings. The molecule has 10 heteroatoms. The van der Waals surface area contributed by atoms with E-state index in [1.54, 1.807) is 12.3 Å². The van der Waals surface area contributed by atoms with E-state index < -0.39 is 11.4 Å². The van der Waals surface area contributed by atoms with E-state index >= 15 is 0 Å². The summed E-state index contributed by atoms with van der Waals surface area (Å²) >= 11 is 0. The van der Waals surface area contributed by atoms with Crippen LogP contribution in [-0.2, 0) is 0 Å². The van der Waals surface area contributed by atoms with E-state index in [1.165, 1.54) is 12.1 Å². The molecule has 3 aliphatic rings. The predicted octanol–water partition coefficient (Wildman–Crippen LogP) is 4.08. The van der Waals surface area contributed by atoms with Crippen LogP contribution in [0.4, 0.5) is 10.1 Å². The lowest BCUT2D eigenvalue weighted by atomic mass is 9.55. The molecule has 1 aromatic carbocycles. The topological polar surface area (TPSA) is 112 Å². The Bertz CT molecular complexity index is 1500. The molecule has 4 heterocycles. The summed E-state index contributed by atoms with van der Waals surface area (Å²) < 4.78 is 25.9. The lowest BCUT2D eigenvalue weighted by Crippen LogP contribution is -2.69. The van der Waals surface area contributed by atoms with Gasteiger partial charge in [0.1, 0.15) is 17.5 Å². The van der Waals surface area contributed by atoms with Crippen LogP contribution in [0.25, 0.3) is 11.3 Å². The highest BCUT2D eigenvalue weighted by Gasteiger charge is 2.60. The molecule has 2 saturated heterocycles. The normalized spacial score (nSPS) is 20.0. The fourth-order valence-electron chi connectivity index (χ4n) is 6.61. The molecule has 1 aliphatic carbocycles. The number of amides is 1. The van der Waals surface area contributed by atoms with Gasteiger partial charge in [0.15, 0.2) is 11.4 Å². The van der Waals surface area contributed by atoms with Crippen molar-refractivity contribution >= 4 is 11.6 Å². The number of aromatic nitrogens is 2.